The summed E-state index contributed by atoms with van der Waals surface area (Å²) in [5.41, 5.74) is 2.97. The van der Waals surface area contributed by atoms with E-state index in [1.165, 1.54) is 5.56 Å². The van der Waals surface area contributed by atoms with Gasteiger partial charge in [-0.1, -0.05) is 18.2 Å². The Bertz CT molecular complexity index is 833. The highest BCUT2D eigenvalue weighted by molar-refractivity contribution is 5.94. The van der Waals surface area contributed by atoms with E-state index in [0.717, 1.165) is 44.1 Å². The average molecular weight is 412 g/mol. The number of amides is 2. The maximum atomic E-state index is 12.3. The number of rotatable bonds is 8. The minimum absolute atomic E-state index is 0.0987. The largest absolute Gasteiger partial charge is 0.379 e. The van der Waals surface area contributed by atoms with E-state index in [-0.39, 0.29) is 24.9 Å². The summed E-state index contributed by atoms with van der Waals surface area (Å²) in [6, 6.07) is 11.5. The van der Waals surface area contributed by atoms with Crippen LogP contribution in [0, 0.1) is 6.92 Å². The van der Waals surface area contributed by atoms with Gasteiger partial charge in [0.25, 0.3) is 0 Å². The number of aryl methyl sites for hydroxylation is 1. The van der Waals surface area contributed by atoms with Gasteiger partial charge in [0.1, 0.15) is 5.82 Å². The second-order valence-corrected chi connectivity index (χ2v) is 7.57. The molecule has 0 aliphatic carbocycles. The number of morpholine rings is 1. The monoisotopic (exact) mass is 411 g/mol. The van der Waals surface area contributed by atoms with E-state index >= 15 is 0 Å². The van der Waals surface area contributed by atoms with Crippen LogP contribution in [0.4, 0.5) is 11.5 Å². The number of benzene rings is 1. The van der Waals surface area contributed by atoms with Crippen LogP contribution in [0.25, 0.3) is 0 Å². The zero-order valence-corrected chi connectivity index (χ0v) is 17.6. The second kappa shape index (κ2) is 10.8. The van der Waals surface area contributed by atoms with E-state index in [4.69, 9.17) is 4.74 Å². The van der Waals surface area contributed by atoms with Crippen LogP contribution in [-0.4, -0.2) is 73.0 Å². The second-order valence-electron chi connectivity index (χ2n) is 7.57. The normalized spacial score (nSPS) is 14.5. The molecule has 1 aromatic heterocycles. The molecule has 30 heavy (non-hydrogen) atoms. The van der Waals surface area contributed by atoms with Crippen molar-refractivity contribution in [2.45, 2.75) is 13.5 Å². The van der Waals surface area contributed by atoms with Crippen LogP contribution in [0.3, 0.4) is 0 Å². The van der Waals surface area contributed by atoms with Crippen LogP contribution in [0.5, 0.6) is 0 Å². The smallest absolute Gasteiger partial charge is 0.239 e. The van der Waals surface area contributed by atoms with E-state index in [1.54, 1.807) is 24.2 Å². The zero-order valence-electron chi connectivity index (χ0n) is 17.6. The van der Waals surface area contributed by atoms with Gasteiger partial charge < -0.3 is 15.4 Å². The van der Waals surface area contributed by atoms with Crippen LogP contribution in [-0.2, 0) is 20.9 Å². The third kappa shape index (κ3) is 7.22. The van der Waals surface area contributed by atoms with Crippen molar-refractivity contribution in [1.29, 1.82) is 0 Å². The van der Waals surface area contributed by atoms with Gasteiger partial charge in [0.15, 0.2) is 0 Å². The van der Waals surface area contributed by atoms with Crippen LogP contribution in [0.15, 0.2) is 42.6 Å². The van der Waals surface area contributed by atoms with E-state index in [9.17, 15) is 9.59 Å². The summed E-state index contributed by atoms with van der Waals surface area (Å²) in [6.07, 6.45) is 1.69. The summed E-state index contributed by atoms with van der Waals surface area (Å²) in [5.74, 6) is 0.120. The summed E-state index contributed by atoms with van der Waals surface area (Å²) in [6.45, 7) is 6.47. The number of hydrogen-bond donors (Lipinski definition) is 2. The lowest BCUT2D eigenvalue weighted by Crippen LogP contribution is -2.36. The Balaban J connectivity index is 1.40. The highest BCUT2D eigenvalue weighted by Crippen LogP contribution is 2.12. The number of nitrogens with zero attached hydrogens (tertiary/aromatic N) is 3. The number of anilines is 2. The molecule has 3 rings (SSSR count). The minimum Gasteiger partial charge on any atom is -0.379 e. The lowest BCUT2D eigenvalue weighted by atomic mass is 10.2. The summed E-state index contributed by atoms with van der Waals surface area (Å²) in [7, 11) is 1.73. The van der Waals surface area contributed by atoms with Gasteiger partial charge >= 0.3 is 0 Å². The average Bonchev–Trinajstić information content (AvgIpc) is 2.71. The molecule has 1 saturated heterocycles. The van der Waals surface area contributed by atoms with Crippen molar-refractivity contribution in [3.8, 4) is 0 Å². The molecule has 2 N–H and O–H groups in total. The third-order valence-corrected chi connectivity index (χ3v) is 4.75. The van der Waals surface area contributed by atoms with E-state index < -0.39 is 0 Å². The first-order chi connectivity index (χ1) is 14.5. The molecule has 0 bridgehead atoms. The number of ether oxygens (including phenoxy) is 1. The fraction of sp³-hybridized carbons (Fsp3) is 0.409. The Morgan fingerprint density at radius 3 is 2.33 bits per heavy atom. The van der Waals surface area contributed by atoms with Crippen LogP contribution in [0.2, 0.25) is 0 Å². The first kappa shape index (κ1) is 21.9. The van der Waals surface area contributed by atoms with Gasteiger partial charge in [-0.05, 0) is 43.3 Å². The number of carbonyl (C=O) groups is 2. The van der Waals surface area contributed by atoms with E-state index in [2.05, 4.69) is 20.5 Å². The molecule has 8 nitrogen and oxygen atoms in total. The molecule has 1 aliphatic rings. The Kier molecular flexibility index (Phi) is 7.89. The Morgan fingerprint density at radius 1 is 1.03 bits per heavy atom. The van der Waals surface area contributed by atoms with Gasteiger partial charge in [0, 0.05) is 31.5 Å². The molecule has 1 fully saturated rings. The molecule has 2 amide bonds. The fourth-order valence-corrected chi connectivity index (χ4v) is 3.18. The van der Waals surface area contributed by atoms with Crippen molar-refractivity contribution < 1.29 is 14.3 Å². The summed E-state index contributed by atoms with van der Waals surface area (Å²) in [4.78, 5) is 32.6. The first-order valence-corrected chi connectivity index (χ1v) is 10.1. The van der Waals surface area contributed by atoms with Crippen molar-refractivity contribution in [3.63, 3.8) is 0 Å². The highest BCUT2D eigenvalue weighted by atomic mass is 16.5. The van der Waals surface area contributed by atoms with Gasteiger partial charge in [-0.15, -0.1) is 0 Å². The zero-order chi connectivity index (χ0) is 21.3. The number of hydrogen-bond acceptors (Lipinski definition) is 6. The van der Waals surface area contributed by atoms with Gasteiger partial charge in [0.2, 0.25) is 11.8 Å². The topological polar surface area (TPSA) is 86.8 Å². The number of carbonyl (C=O) groups excluding carboxylic acids is 2. The lowest BCUT2D eigenvalue weighted by molar-refractivity contribution is -0.119. The lowest BCUT2D eigenvalue weighted by Gasteiger charge is -2.26. The number of nitrogens with one attached hydrogen (secondary N) is 2. The number of likely N-dealkylation sites (N-methyl/N-ethyl adjacent to an activating group) is 1. The van der Waals surface area contributed by atoms with Crippen LogP contribution >= 0.6 is 0 Å². The Morgan fingerprint density at radius 2 is 1.70 bits per heavy atom. The molecule has 0 radical (unpaired) electrons. The van der Waals surface area contributed by atoms with Gasteiger partial charge in [-0.2, -0.15) is 0 Å². The molecule has 8 heteroatoms. The first-order valence-electron chi connectivity index (χ1n) is 10.1. The van der Waals surface area contributed by atoms with Crippen molar-refractivity contribution in [2.24, 2.45) is 0 Å². The molecule has 0 unspecified atom stereocenters. The molecule has 0 spiro atoms. The van der Waals surface area contributed by atoms with Gasteiger partial charge in [-0.3, -0.25) is 19.4 Å². The van der Waals surface area contributed by atoms with Crippen molar-refractivity contribution in [3.05, 3.63) is 53.7 Å². The Labute approximate surface area is 177 Å². The number of pyridine rings is 1. The molecule has 0 saturated carbocycles. The predicted octanol–water partition coefficient (Wildman–Crippen LogP) is 1.73. The summed E-state index contributed by atoms with van der Waals surface area (Å²) < 4.78 is 5.37. The summed E-state index contributed by atoms with van der Waals surface area (Å²) in [5, 5.41) is 5.60. The van der Waals surface area contributed by atoms with E-state index in [1.807, 2.05) is 37.3 Å². The van der Waals surface area contributed by atoms with Crippen LogP contribution in [0.1, 0.15) is 11.1 Å². The Hall–Kier alpha value is -2.81. The molecule has 1 aliphatic heterocycles. The molecular weight excluding hydrogens is 382 g/mol. The molecule has 160 valence electrons. The van der Waals surface area contributed by atoms with Crippen molar-refractivity contribution in [1.82, 2.24) is 14.8 Å². The van der Waals surface area contributed by atoms with E-state index in [0.29, 0.717) is 5.82 Å². The summed E-state index contributed by atoms with van der Waals surface area (Å²) >= 11 is 0. The molecule has 2 aromatic rings. The molecule has 1 aromatic carbocycles. The van der Waals surface area contributed by atoms with Crippen molar-refractivity contribution in [2.75, 3.05) is 57.1 Å². The molecule has 2 heterocycles. The minimum atomic E-state index is -0.214. The highest BCUT2D eigenvalue weighted by Gasteiger charge is 2.13. The maximum absolute atomic E-state index is 12.3. The third-order valence-electron chi connectivity index (χ3n) is 4.75. The molecule has 0 atom stereocenters. The van der Waals surface area contributed by atoms with Gasteiger partial charge in [-0.25, -0.2) is 4.98 Å². The quantitative estimate of drug-likeness (QED) is 0.688. The maximum Gasteiger partial charge on any atom is 0.239 e. The van der Waals surface area contributed by atoms with Crippen LogP contribution < -0.4 is 10.6 Å². The number of aromatic nitrogens is 1. The van der Waals surface area contributed by atoms with Crippen molar-refractivity contribution >= 4 is 23.3 Å². The SMILES string of the molecule is Cc1ccc(NC(=O)CN(C)CC(=O)Nc2ccc(CN3CCOCC3)cc2)nc1. The standard InChI is InChI=1S/C22H29N5O3/c1-17-3-8-20(23-13-17)25-22(29)16-26(2)15-21(28)24-19-6-4-18(5-7-19)14-27-9-11-30-12-10-27/h3-8,13H,9-12,14-16H2,1-2H3,(H,24,28)(H,23,25,29). The molecular formula is C22H29N5O3. The van der Waals surface area contributed by atoms with Gasteiger partial charge in [0.05, 0.1) is 26.3 Å². The predicted molar refractivity (Wildman–Crippen MR) is 116 cm³/mol. The fourth-order valence-electron chi connectivity index (χ4n) is 3.18.